The number of ether oxygens (including phenoxy) is 1. The quantitative estimate of drug-likeness (QED) is 0.583. The highest BCUT2D eigenvalue weighted by Crippen LogP contribution is 2.23. The van der Waals surface area contributed by atoms with E-state index in [-0.39, 0.29) is 5.56 Å². The van der Waals surface area contributed by atoms with E-state index >= 15 is 0 Å². The molecule has 0 aliphatic carbocycles. The Morgan fingerprint density at radius 2 is 2.00 bits per heavy atom. The van der Waals surface area contributed by atoms with Crippen molar-refractivity contribution in [1.82, 2.24) is 14.5 Å². The number of aromatic nitrogens is 3. The molecule has 4 rings (SSSR count). The number of methoxy groups -OCH3 is 1. The SMILES string of the molecule is COCc1nccn1Cc1ccc(-c2cc3c(C#N)cccc3c(=O)[nH]2)cc1. The van der Waals surface area contributed by atoms with E-state index in [1.165, 1.54) is 0 Å². The largest absolute Gasteiger partial charge is 0.377 e. The summed E-state index contributed by atoms with van der Waals surface area (Å²) >= 11 is 0. The lowest BCUT2D eigenvalue weighted by Crippen LogP contribution is -2.08. The van der Waals surface area contributed by atoms with Crippen molar-refractivity contribution < 1.29 is 4.74 Å². The Bertz CT molecular complexity index is 1230. The minimum absolute atomic E-state index is 0.198. The van der Waals surface area contributed by atoms with Crippen LogP contribution in [0.2, 0.25) is 0 Å². The van der Waals surface area contributed by atoms with Crippen molar-refractivity contribution in [1.29, 1.82) is 5.26 Å². The molecule has 2 aromatic heterocycles. The highest BCUT2D eigenvalue weighted by atomic mass is 16.5. The first kappa shape index (κ1) is 17.7. The van der Waals surface area contributed by atoms with Gasteiger partial charge in [0.2, 0.25) is 0 Å². The van der Waals surface area contributed by atoms with E-state index in [1.54, 1.807) is 31.5 Å². The number of aromatic amines is 1. The fraction of sp³-hybridized carbons (Fsp3) is 0.136. The molecule has 0 aliphatic heterocycles. The second-order valence-electron chi connectivity index (χ2n) is 6.49. The van der Waals surface area contributed by atoms with E-state index in [0.29, 0.717) is 35.2 Å². The summed E-state index contributed by atoms with van der Waals surface area (Å²) in [5.41, 5.74) is 2.98. The number of H-pyrrole nitrogens is 1. The molecule has 0 bridgehead atoms. The van der Waals surface area contributed by atoms with Crippen LogP contribution < -0.4 is 5.56 Å². The Hall–Kier alpha value is -3.69. The predicted octanol–water partition coefficient (Wildman–Crippen LogP) is 3.46. The number of imidazole rings is 1. The second-order valence-corrected chi connectivity index (χ2v) is 6.49. The summed E-state index contributed by atoms with van der Waals surface area (Å²) in [5.74, 6) is 0.870. The van der Waals surface area contributed by atoms with Gasteiger partial charge in [0.05, 0.1) is 11.6 Å². The summed E-state index contributed by atoms with van der Waals surface area (Å²) in [6.45, 7) is 1.15. The van der Waals surface area contributed by atoms with E-state index in [4.69, 9.17) is 4.74 Å². The Kier molecular flexibility index (Phi) is 4.75. The zero-order valence-corrected chi connectivity index (χ0v) is 15.3. The van der Waals surface area contributed by atoms with Crippen LogP contribution in [0.3, 0.4) is 0 Å². The van der Waals surface area contributed by atoms with Gasteiger partial charge in [-0.3, -0.25) is 4.79 Å². The van der Waals surface area contributed by atoms with E-state index in [1.807, 2.05) is 41.1 Å². The number of nitriles is 1. The minimum atomic E-state index is -0.198. The molecule has 4 aromatic rings. The maximum Gasteiger partial charge on any atom is 0.256 e. The molecule has 6 heteroatoms. The number of nitrogens with one attached hydrogen (secondary N) is 1. The third-order valence-corrected chi connectivity index (χ3v) is 4.70. The topological polar surface area (TPSA) is 83.7 Å². The molecule has 138 valence electrons. The third-order valence-electron chi connectivity index (χ3n) is 4.70. The van der Waals surface area contributed by atoms with Gasteiger partial charge in [-0.15, -0.1) is 0 Å². The van der Waals surface area contributed by atoms with E-state index in [2.05, 4.69) is 16.0 Å². The molecule has 0 atom stereocenters. The smallest absolute Gasteiger partial charge is 0.256 e. The highest BCUT2D eigenvalue weighted by Gasteiger charge is 2.08. The van der Waals surface area contributed by atoms with Crippen LogP contribution >= 0.6 is 0 Å². The first-order valence-corrected chi connectivity index (χ1v) is 8.84. The molecule has 2 heterocycles. The van der Waals surface area contributed by atoms with Crippen LogP contribution in [0.15, 0.2) is 65.7 Å². The van der Waals surface area contributed by atoms with Gasteiger partial charge in [-0.05, 0) is 29.3 Å². The average Bonchev–Trinajstić information content (AvgIpc) is 3.15. The Morgan fingerprint density at radius 1 is 1.18 bits per heavy atom. The number of hydrogen-bond acceptors (Lipinski definition) is 4. The summed E-state index contributed by atoms with van der Waals surface area (Å²) < 4.78 is 7.20. The molecule has 1 N–H and O–H groups in total. The van der Waals surface area contributed by atoms with Crippen LogP contribution in [-0.2, 0) is 17.9 Å². The molecular weight excluding hydrogens is 352 g/mol. The van der Waals surface area contributed by atoms with Gasteiger partial charge >= 0.3 is 0 Å². The molecule has 2 aromatic carbocycles. The van der Waals surface area contributed by atoms with Crippen molar-refractivity contribution in [3.8, 4) is 17.3 Å². The number of hydrogen-bond donors (Lipinski definition) is 1. The minimum Gasteiger partial charge on any atom is -0.377 e. The van der Waals surface area contributed by atoms with Crippen molar-refractivity contribution in [3.05, 3.63) is 88.2 Å². The molecule has 0 saturated heterocycles. The fourth-order valence-electron chi connectivity index (χ4n) is 3.28. The number of rotatable bonds is 5. The summed E-state index contributed by atoms with van der Waals surface area (Å²) in [5, 5.41) is 10.5. The molecular formula is C22H18N4O2. The van der Waals surface area contributed by atoms with Gasteiger partial charge in [0.1, 0.15) is 12.4 Å². The van der Waals surface area contributed by atoms with Gasteiger partial charge in [-0.1, -0.05) is 30.3 Å². The number of pyridine rings is 1. The van der Waals surface area contributed by atoms with Gasteiger partial charge in [0, 0.05) is 42.5 Å². The molecule has 6 nitrogen and oxygen atoms in total. The van der Waals surface area contributed by atoms with Crippen LogP contribution in [0.5, 0.6) is 0 Å². The standard InChI is InChI=1S/C22H18N4O2/c1-28-14-21-24-9-10-26(21)13-15-5-7-16(8-6-15)20-11-19-17(12-23)3-2-4-18(19)22(27)25-20/h2-11H,13-14H2,1H3,(H,25,27). The lowest BCUT2D eigenvalue weighted by molar-refractivity contribution is 0.174. The lowest BCUT2D eigenvalue weighted by atomic mass is 10.0. The molecule has 0 saturated carbocycles. The van der Waals surface area contributed by atoms with Crippen LogP contribution in [0.4, 0.5) is 0 Å². The molecule has 0 fully saturated rings. The average molecular weight is 370 g/mol. The number of nitrogens with zero attached hydrogens (tertiary/aromatic N) is 3. The zero-order valence-electron chi connectivity index (χ0n) is 15.3. The van der Waals surface area contributed by atoms with Crippen molar-refractivity contribution in [3.63, 3.8) is 0 Å². The number of benzene rings is 2. The van der Waals surface area contributed by atoms with Crippen molar-refractivity contribution in [2.45, 2.75) is 13.2 Å². The number of fused-ring (bicyclic) bond motifs is 1. The maximum absolute atomic E-state index is 12.4. The van der Waals surface area contributed by atoms with Crippen LogP contribution in [0, 0.1) is 11.3 Å². The normalized spacial score (nSPS) is 10.9. The van der Waals surface area contributed by atoms with Crippen molar-refractivity contribution in [2.24, 2.45) is 0 Å². The van der Waals surface area contributed by atoms with Crippen LogP contribution in [0.25, 0.3) is 22.0 Å². The monoisotopic (exact) mass is 370 g/mol. The van der Waals surface area contributed by atoms with Gasteiger partial charge in [-0.25, -0.2) is 4.98 Å². The summed E-state index contributed by atoms with van der Waals surface area (Å²) in [4.78, 5) is 19.6. The Morgan fingerprint density at radius 3 is 2.75 bits per heavy atom. The van der Waals surface area contributed by atoms with E-state index in [9.17, 15) is 10.1 Å². The zero-order chi connectivity index (χ0) is 19.5. The van der Waals surface area contributed by atoms with Gasteiger partial charge in [0.15, 0.2) is 0 Å². The van der Waals surface area contributed by atoms with Gasteiger partial charge in [-0.2, -0.15) is 5.26 Å². The molecule has 0 unspecified atom stereocenters. The molecule has 0 amide bonds. The van der Waals surface area contributed by atoms with E-state index in [0.717, 1.165) is 17.0 Å². The molecule has 0 radical (unpaired) electrons. The molecule has 0 spiro atoms. The maximum atomic E-state index is 12.4. The first-order chi connectivity index (χ1) is 13.7. The fourth-order valence-corrected chi connectivity index (χ4v) is 3.28. The van der Waals surface area contributed by atoms with Gasteiger partial charge in [0.25, 0.3) is 5.56 Å². The van der Waals surface area contributed by atoms with Crippen LogP contribution in [-0.4, -0.2) is 21.6 Å². The highest BCUT2D eigenvalue weighted by molar-refractivity contribution is 5.89. The molecule has 28 heavy (non-hydrogen) atoms. The van der Waals surface area contributed by atoms with Crippen molar-refractivity contribution >= 4 is 10.8 Å². The predicted molar refractivity (Wildman–Crippen MR) is 107 cm³/mol. The summed E-state index contributed by atoms with van der Waals surface area (Å²) in [7, 11) is 1.65. The molecule has 0 aliphatic rings. The third kappa shape index (κ3) is 3.31. The lowest BCUT2D eigenvalue weighted by Gasteiger charge is -2.09. The van der Waals surface area contributed by atoms with Crippen molar-refractivity contribution in [2.75, 3.05) is 7.11 Å². The summed E-state index contributed by atoms with van der Waals surface area (Å²) in [6, 6.07) is 17.1. The van der Waals surface area contributed by atoms with E-state index < -0.39 is 0 Å². The summed E-state index contributed by atoms with van der Waals surface area (Å²) in [6.07, 6.45) is 3.68. The second kappa shape index (κ2) is 7.51. The Labute approximate surface area is 161 Å². The first-order valence-electron chi connectivity index (χ1n) is 8.84. The van der Waals surface area contributed by atoms with Crippen LogP contribution in [0.1, 0.15) is 17.0 Å². The van der Waals surface area contributed by atoms with Gasteiger partial charge < -0.3 is 14.3 Å². The Balaban J connectivity index is 1.67.